The van der Waals surface area contributed by atoms with Crippen LogP contribution in [-0.2, 0) is 22.8 Å². The zero-order chi connectivity index (χ0) is 18.3. The van der Waals surface area contributed by atoms with Gasteiger partial charge in [-0.2, -0.15) is 0 Å². The number of aliphatic hydroxyl groups excluding tert-OH is 1. The van der Waals surface area contributed by atoms with Gasteiger partial charge in [0.15, 0.2) is 9.84 Å². The number of aryl methyl sites for hydroxylation is 1. The summed E-state index contributed by atoms with van der Waals surface area (Å²) in [5.41, 5.74) is 2.68. The minimum atomic E-state index is -3.45. The van der Waals surface area contributed by atoms with Crippen molar-refractivity contribution in [2.45, 2.75) is 24.8 Å². The lowest BCUT2D eigenvalue weighted by Gasteiger charge is -2.09. The maximum atomic E-state index is 11.9. The highest BCUT2D eigenvalue weighted by atomic mass is 32.2. The lowest BCUT2D eigenvalue weighted by atomic mass is 10.1. The fraction of sp³-hybridized carbons (Fsp3) is 0.278. The van der Waals surface area contributed by atoms with Gasteiger partial charge in [-0.25, -0.2) is 13.2 Å². The molecule has 0 aromatic heterocycles. The second-order valence-corrected chi connectivity index (χ2v) is 7.65. The van der Waals surface area contributed by atoms with Gasteiger partial charge in [-0.1, -0.05) is 31.2 Å². The van der Waals surface area contributed by atoms with Crippen LogP contribution in [0.2, 0.25) is 0 Å². The molecule has 134 valence electrons. The number of hydrogen-bond donors (Lipinski definition) is 3. The zero-order valence-electron chi connectivity index (χ0n) is 14.0. The molecule has 7 heteroatoms. The van der Waals surface area contributed by atoms with E-state index in [0.717, 1.165) is 12.0 Å². The van der Waals surface area contributed by atoms with Crippen molar-refractivity contribution in [3.05, 3.63) is 59.7 Å². The van der Waals surface area contributed by atoms with Crippen molar-refractivity contribution >= 4 is 21.6 Å². The van der Waals surface area contributed by atoms with E-state index in [1.807, 2.05) is 24.3 Å². The van der Waals surface area contributed by atoms with E-state index in [1.54, 1.807) is 12.1 Å². The Labute approximate surface area is 147 Å². The van der Waals surface area contributed by atoms with Gasteiger partial charge < -0.3 is 15.7 Å². The number of urea groups is 1. The van der Waals surface area contributed by atoms with Crippen molar-refractivity contribution in [2.75, 3.05) is 17.7 Å². The van der Waals surface area contributed by atoms with E-state index in [0.29, 0.717) is 5.69 Å². The quantitative estimate of drug-likeness (QED) is 0.704. The van der Waals surface area contributed by atoms with Crippen LogP contribution in [0.3, 0.4) is 0 Å². The molecule has 2 aromatic rings. The van der Waals surface area contributed by atoms with Gasteiger partial charge in [0.2, 0.25) is 0 Å². The fourth-order valence-corrected chi connectivity index (χ4v) is 3.26. The van der Waals surface area contributed by atoms with Gasteiger partial charge in [0.05, 0.1) is 17.3 Å². The molecule has 0 spiro atoms. The number of nitrogens with one attached hydrogen (secondary N) is 2. The highest BCUT2D eigenvalue weighted by Crippen LogP contribution is 2.13. The first-order valence-electron chi connectivity index (χ1n) is 8.01. The largest absolute Gasteiger partial charge is 0.395 e. The Morgan fingerprint density at radius 1 is 1.00 bits per heavy atom. The predicted octanol–water partition coefficient (Wildman–Crippen LogP) is 2.34. The standard InChI is InChI=1S/C18H22N2O4S/c1-2-14-3-7-16(8-4-14)20-18(22)19-13-15-5-9-17(10-6-15)25(23,24)12-11-21/h3-10,21H,2,11-13H2,1H3,(H2,19,20,22). The van der Waals surface area contributed by atoms with Crippen LogP contribution in [0.5, 0.6) is 0 Å². The van der Waals surface area contributed by atoms with Crippen LogP contribution >= 0.6 is 0 Å². The van der Waals surface area contributed by atoms with E-state index in [-0.39, 0.29) is 23.2 Å². The number of hydrogen-bond acceptors (Lipinski definition) is 4. The third kappa shape index (κ3) is 5.58. The number of rotatable bonds is 7. The van der Waals surface area contributed by atoms with E-state index in [1.165, 1.54) is 17.7 Å². The normalized spacial score (nSPS) is 11.1. The van der Waals surface area contributed by atoms with Crippen LogP contribution in [-0.4, -0.2) is 31.9 Å². The zero-order valence-corrected chi connectivity index (χ0v) is 14.8. The van der Waals surface area contributed by atoms with Gasteiger partial charge >= 0.3 is 6.03 Å². The first kappa shape index (κ1) is 19.0. The van der Waals surface area contributed by atoms with Gasteiger partial charge in [-0.3, -0.25) is 0 Å². The van der Waals surface area contributed by atoms with E-state index in [2.05, 4.69) is 17.6 Å². The Morgan fingerprint density at radius 2 is 1.60 bits per heavy atom. The molecule has 0 unspecified atom stereocenters. The summed E-state index contributed by atoms with van der Waals surface area (Å²) in [4.78, 5) is 12.1. The van der Waals surface area contributed by atoms with Gasteiger partial charge in [0, 0.05) is 12.2 Å². The summed E-state index contributed by atoms with van der Waals surface area (Å²) in [6.45, 7) is 1.93. The number of benzene rings is 2. The molecule has 3 N–H and O–H groups in total. The van der Waals surface area contributed by atoms with Crippen LogP contribution < -0.4 is 10.6 Å². The number of aliphatic hydroxyl groups is 1. The highest BCUT2D eigenvalue weighted by molar-refractivity contribution is 7.91. The van der Waals surface area contributed by atoms with Crippen molar-refractivity contribution in [3.8, 4) is 0 Å². The number of sulfone groups is 1. The average Bonchev–Trinajstić information content (AvgIpc) is 2.61. The molecule has 0 aliphatic carbocycles. The molecule has 0 aliphatic heterocycles. The molecule has 0 saturated heterocycles. The molecule has 0 saturated carbocycles. The maximum absolute atomic E-state index is 11.9. The Balaban J connectivity index is 1.89. The smallest absolute Gasteiger partial charge is 0.319 e. The minimum absolute atomic E-state index is 0.158. The predicted molar refractivity (Wildman–Crippen MR) is 97.3 cm³/mol. The van der Waals surface area contributed by atoms with Gasteiger partial charge in [-0.15, -0.1) is 0 Å². The number of carbonyl (C=O) groups is 1. The Kier molecular flexibility index (Phi) is 6.55. The summed E-state index contributed by atoms with van der Waals surface area (Å²) in [7, 11) is -3.45. The first-order chi connectivity index (χ1) is 11.9. The van der Waals surface area contributed by atoms with E-state index in [4.69, 9.17) is 5.11 Å². The maximum Gasteiger partial charge on any atom is 0.319 e. The molecule has 25 heavy (non-hydrogen) atoms. The fourth-order valence-electron chi connectivity index (χ4n) is 2.23. The lowest BCUT2D eigenvalue weighted by molar-refractivity contribution is 0.251. The number of carbonyl (C=O) groups excluding carboxylic acids is 1. The molecule has 0 bridgehead atoms. The van der Waals surface area contributed by atoms with Gasteiger partial charge in [0.25, 0.3) is 0 Å². The molecular formula is C18H22N2O4S. The summed E-state index contributed by atoms with van der Waals surface area (Å²) < 4.78 is 23.6. The summed E-state index contributed by atoms with van der Waals surface area (Å²) in [6.07, 6.45) is 0.941. The van der Waals surface area contributed by atoms with Crippen molar-refractivity contribution in [1.29, 1.82) is 0 Å². The Bertz CT molecular complexity index is 800. The monoisotopic (exact) mass is 362 g/mol. The first-order valence-corrected chi connectivity index (χ1v) is 9.66. The van der Waals surface area contributed by atoms with Crippen LogP contribution in [0.25, 0.3) is 0 Å². The molecule has 0 aliphatic rings. The van der Waals surface area contributed by atoms with E-state index < -0.39 is 16.4 Å². The molecule has 0 heterocycles. The van der Waals surface area contributed by atoms with Crippen LogP contribution in [0.15, 0.2) is 53.4 Å². The van der Waals surface area contributed by atoms with Crippen molar-refractivity contribution < 1.29 is 18.3 Å². The van der Waals surface area contributed by atoms with Crippen molar-refractivity contribution in [2.24, 2.45) is 0 Å². The molecule has 2 aromatic carbocycles. The minimum Gasteiger partial charge on any atom is -0.395 e. The molecule has 0 atom stereocenters. The van der Waals surface area contributed by atoms with E-state index >= 15 is 0 Å². The van der Waals surface area contributed by atoms with Crippen molar-refractivity contribution in [3.63, 3.8) is 0 Å². The summed E-state index contributed by atoms with van der Waals surface area (Å²) in [5.74, 6) is -0.302. The number of amides is 2. The lowest BCUT2D eigenvalue weighted by Crippen LogP contribution is -2.28. The van der Waals surface area contributed by atoms with Gasteiger partial charge in [0.1, 0.15) is 0 Å². The SMILES string of the molecule is CCc1ccc(NC(=O)NCc2ccc(S(=O)(=O)CCO)cc2)cc1. The molecule has 0 fully saturated rings. The average molecular weight is 362 g/mol. The van der Waals surface area contributed by atoms with Crippen LogP contribution in [0.4, 0.5) is 10.5 Å². The van der Waals surface area contributed by atoms with Gasteiger partial charge in [-0.05, 0) is 41.8 Å². The summed E-state index contributed by atoms with van der Waals surface area (Å²) in [5, 5.41) is 14.2. The Morgan fingerprint density at radius 3 is 2.16 bits per heavy atom. The molecular weight excluding hydrogens is 340 g/mol. The van der Waals surface area contributed by atoms with Crippen LogP contribution in [0, 0.1) is 0 Å². The third-order valence-corrected chi connectivity index (χ3v) is 5.43. The second-order valence-electron chi connectivity index (χ2n) is 5.54. The van der Waals surface area contributed by atoms with E-state index in [9.17, 15) is 13.2 Å². The van der Waals surface area contributed by atoms with Crippen molar-refractivity contribution in [1.82, 2.24) is 5.32 Å². The topological polar surface area (TPSA) is 95.5 Å². The molecule has 0 radical (unpaired) electrons. The second kappa shape index (κ2) is 8.64. The Hall–Kier alpha value is -2.38. The number of anilines is 1. The van der Waals surface area contributed by atoms with Crippen LogP contribution in [0.1, 0.15) is 18.1 Å². The molecule has 2 rings (SSSR count). The third-order valence-electron chi connectivity index (χ3n) is 3.72. The highest BCUT2D eigenvalue weighted by Gasteiger charge is 2.13. The summed E-state index contributed by atoms with van der Waals surface area (Å²) >= 11 is 0. The molecule has 2 amide bonds. The molecule has 6 nitrogen and oxygen atoms in total. The summed E-state index contributed by atoms with van der Waals surface area (Å²) in [6, 6.07) is 13.5.